The van der Waals surface area contributed by atoms with Crippen LogP contribution >= 0.6 is 15.9 Å². The van der Waals surface area contributed by atoms with Crippen LogP contribution in [0.15, 0.2) is 77.3 Å². The molecule has 0 aliphatic rings. The summed E-state index contributed by atoms with van der Waals surface area (Å²) in [5.41, 5.74) is 9.29. The maximum atomic E-state index is 12.4. The van der Waals surface area contributed by atoms with Crippen LogP contribution in [0.2, 0.25) is 0 Å². The predicted molar refractivity (Wildman–Crippen MR) is 136 cm³/mol. The Hall–Kier alpha value is -4.06. The van der Waals surface area contributed by atoms with Crippen LogP contribution in [0.5, 0.6) is 0 Å². The number of carboxylic acids is 1. The number of nitrogens with two attached hydrogens (primary N) is 1. The highest BCUT2D eigenvalue weighted by molar-refractivity contribution is 9.10. The predicted octanol–water partition coefficient (Wildman–Crippen LogP) is 6.18. The number of hydrogen-bond donors (Lipinski definition) is 6. The van der Waals surface area contributed by atoms with Gasteiger partial charge < -0.3 is 26.8 Å². The normalized spacial score (nSPS) is 11.4. The summed E-state index contributed by atoms with van der Waals surface area (Å²) in [5, 5.41) is 23.6. The van der Waals surface area contributed by atoms with E-state index in [0.29, 0.717) is 16.9 Å². The lowest BCUT2D eigenvalue weighted by atomic mass is 10.1. The number of para-hydroxylation sites is 2. The van der Waals surface area contributed by atoms with Gasteiger partial charge in [0, 0.05) is 21.8 Å². The lowest BCUT2D eigenvalue weighted by Gasteiger charge is -2.19. The number of alkyl halides is 3. The summed E-state index contributed by atoms with van der Waals surface area (Å²) in [6, 6.07) is 22.1. The number of hydrogen-bond acceptors (Lipinski definition) is 4. The van der Waals surface area contributed by atoms with Gasteiger partial charge in [0.1, 0.15) is 5.84 Å². The molecule has 0 aliphatic carbocycles. The van der Waals surface area contributed by atoms with Crippen LogP contribution in [0.4, 0.5) is 35.0 Å². The number of carbonyl (C=O) groups excluding carboxylic acids is 1. The van der Waals surface area contributed by atoms with E-state index >= 15 is 0 Å². The van der Waals surface area contributed by atoms with Crippen LogP contribution in [0.3, 0.4) is 0 Å². The van der Waals surface area contributed by atoms with E-state index in [2.05, 4.69) is 50.9 Å². The summed E-state index contributed by atoms with van der Waals surface area (Å²) in [5.74, 6) is -2.77. The van der Waals surface area contributed by atoms with E-state index in [1.807, 2.05) is 36.4 Å². The Kier molecular flexibility index (Phi) is 9.85. The number of carboxylic acid groups (broad SMARTS) is 1. The van der Waals surface area contributed by atoms with Gasteiger partial charge in [0.15, 0.2) is 0 Å². The van der Waals surface area contributed by atoms with Crippen LogP contribution in [0.1, 0.15) is 24.1 Å². The van der Waals surface area contributed by atoms with Crippen LogP contribution in [0, 0.1) is 5.41 Å². The molecule has 1 atom stereocenters. The Morgan fingerprint density at radius 1 is 0.972 bits per heavy atom. The van der Waals surface area contributed by atoms with Crippen molar-refractivity contribution in [3.63, 3.8) is 0 Å². The summed E-state index contributed by atoms with van der Waals surface area (Å²) in [6.07, 6.45) is -5.08. The Morgan fingerprint density at radius 2 is 1.56 bits per heavy atom. The standard InChI is InChI=1S/C22H22BrN5O.C2HF3O2/c1-14(16-5-4-6-17(23)13-16)26-19-7-2-3-8-20(19)28-22(29)27-18-11-9-15(10-12-18)21(24)25;3-2(4,5)1(6)7/h2-14,26H,1H3,(H3,24,25)(H2,27,28,29);(H,6,7)/t14-;/m1./s1. The molecule has 12 heteroatoms. The molecule has 0 heterocycles. The molecule has 0 unspecified atom stereocenters. The molecule has 0 saturated heterocycles. The molecule has 3 aromatic carbocycles. The van der Waals surface area contributed by atoms with Gasteiger partial charge in [-0.15, -0.1) is 0 Å². The zero-order chi connectivity index (χ0) is 26.9. The van der Waals surface area contributed by atoms with Gasteiger partial charge in [-0.05, 0) is 61.0 Å². The zero-order valence-electron chi connectivity index (χ0n) is 18.9. The molecule has 0 aliphatic heterocycles. The zero-order valence-corrected chi connectivity index (χ0v) is 20.4. The fourth-order valence-corrected chi connectivity index (χ4v) is 3.25. The first-order valence-electron chi connectivity index (χ1n) is 10.3. The maximum Gasteiger partial charge on any atom is 0.490 e. The first-order chi connectivity index (χ1) is 16.9. The van der Waals surface area contributed by atoms with Gasteiger partial charge in [-0.1, -0.05) is 40.2 Å². The van der Waals surface area contributed by atoms with E-state index in [9.17, 15) is 18.0 Å². The molecule has 0 saturated carbocycles. The second kappa shape index (κ2) is 12.6. The number of halogens is 4. The Morgan fingerprint density at radius 3 is 2.08 bits per heavy atom. The number of benzene rings is 3. The minimum atomic E-state index is -5.08. The highest BCUT2D eigenvalue weighted by Gasteiger charge is 2.38. The number of amidine groups is 1. The van der Waals surface area contributed by atoms with Crippen LogP contribution in [0.25, 0.3) is 0 Å². The molecular formula is C24H23BrF3N5O3. The first kappa shape index (κ1) is 28.2. The van der Waals surface area contributed by atoms with Crippen LogP contribution < -0.4 is 21.7 Å². The van der Waals surface area contributed by atoms with E-state index in [1.165, 1.54) is 0 Å². The van der Waals surface area contributed by atoms with Crippen molar-refractivity contribution in [2.75, 3.05) is 16.0 Å². The Balaban J connectivity index is 0.000000572. The van der Waals surface area contributed by atoms with Crippen LogP contribution in [-0.2, 0) is 4.79 Å². The van der Waals surface area contributed by atoms with Crippen molar-refractivity contribution in [1.82, 2.24) is 0 Å². The summed E-state index contributed by atoms with van der Waals surface area (Å²) < 4.78 is 32.8. The monoisotopic (exact) mass is 565 g/mol. The maximum absolute atomic E-state index is 12.4. The largest absolute Gasteiger partial charge is 0.490 e. The molecule has 0 radical (unpaired) electrons. The van der Waals surface area contributed by atoms with Crippen LogP contribution in [-0.4, -0.2) is 29.1 Å². The summed E-state index contributed by atoms with van der Waals surface area (Å²) >= 11 is 3.50. The average molecular weight is 566 g/mol. The minimum absolute atomic E-state index is 0.0134. The molecule has 190 valence electrons. The smallest absolute Gasteiger partial charge is 0.475 e. The summed E-state index contributed by atoms with van der Waals surface area (Å²) in [7, 11) is 0. The van der Waals surface area contributed by atoms with Crippen molar-refractivity contribution < 1.29 is 27.9 Å². The van der Waals surface area contributed by atoms with E-state index in [1.54, 1.807) is 24.3 Å². The van der Waals surface area contributed by atoms with Crippen molar-refractivity contribution in [1.29, 1.82) is 5.41 Å². The topological polar surface area (TPSA) is 140 Å². The molecule has 0 aromatic heterocycles. The molecule has 0 bridgehead atoms. The van der Waals surface area contributed by atoms with E-state index in [4.69, 9.17) is 21.0 Å². The van der Waals surface area contributed by atoms with Gasteiger partial charge in [0.25, 0.3) is 0 Å². The summed E-state index contributed by atoms with van der Waals surface area (Å²) in [4.78, 5) is 21.3. The molecule has 0 spiro atoms. The lowest BCUT2D eigenvalue weighted by molar-refractivity contribution is -0.192. The van der Waals surface area contributed by atoms with Gasteiger partial charge in [0.05, 0.1) is 11.4 Å². The number of rotatable bonds is 6. The average Bonchev–Trinajstić information content (AvgIpc) is 2.80. The molecular weight excluding hydrogens is 543 g/mol. The fraction of sp³-hybridized carbons (Fsp3) is 0.125. The van der Waals surface area contributed by atoms with Crippen molar-refractivity contribution in [2.24, 2.45) is 5.73 Å². The third-order valence-corrected chi connectivity index (χ3v) is 5.09. The van der Waals surface area contributed by atoms with Crippen molar-refractivity contribution in [3.05, 3.63) is 88.4 Å². The molecule has 2 amide bonds. The molecule has 3 aromatic rings. The van der Waals surface area contributed by atoms with Crippen molar-refractivity contribution in [2.45, 2.75) is 19.1 Å². The van der Waals surface area contributed by atoms with Gasteiger partial charge in [-0.25, -0.2) is 9.59 Å². The number of nitrogens with one attached hydrogen (secondary N) is 4. The number of urea groups is 1. The number of anilines is 3. The highest BCUT2D eigenvalue weighted by atomic mass is 79.9. The third kappa shape index (κ3) is 8.95. The number of aliphatic carboxylic acids is 1. The van der Waals surface area contributed by atoms with E-state index in [0.717, 1.165) is 15.7 Å². The second-order valence-electron chi connectivity index (χ2n) is 7.34. The lowest BCUT2D eigenvalue weighted by Crippen LogP contribution is -2.21. The molecule has 7 N–H and O–H groups in total. The van der Waals surface area contributed by atoms with E-state index in [-0.39, 0.29) is 17.9 Å². The minimum Gasteiger partial charge on any atom is -0.475 e. The molecule has 36 heavy (non-hydrogen) atoms. The fourth-order valence-electron chi connectivity index (χ4n) is 2.83. The highest BCUT2D eigenvalue weighted by Crippen LogP contribution is 2.27. The van der Waals surface area contributed by atoms with Crippen molar-refractivity contribution in [3.8, 4) is 0 Å². The Bertz CT molecular complexity index is 1220. The van der Waals surface area contributed by atoms with Gasteiger partial charge in [0.2, 0.25) is 0 Å². The van der Waals surface area contributed by atoms with E-state index < -0.39 is 12.1 Å². The van der Waals surface area contributed by atoms with Gasteiger partial charge in [-0.3, -0.25) is 5.41 Å². The van der Waals surface area contributed by atoms with Gasteiger partial charge >= 0.3 is 18.2 Å². The quantitative estimate of drug-likeness (QED) is 0.156. The number of nitrogen functional groups attached to an aromatic ring is 1. The second-order valence-corrected chi connectivity index (χ2v) is 8.26. The molecule has 8 nitrogen and oxygen atoms in total. The SMILES string of the molecule is C[C@@H](Nc1ccccc1NC(=O)Nc1ccc(C(=N)N)cc1)c1cccc(Br)c1.O=C(O)C(F)(F)F. The van der Waals surface area contributed by atoms with Crippen molar-refractivity contribution >= 4 is 50.8 Å². The summed E-state index contributed by atoms with van der Waals surface area (Å²) in [6.45, 7) is 2.06. The Labute approximate surface area is 213 Å². The van der Waals surface area contributed by atoms with Gasteiger partial charge in [-0.2, -0.15) is 13.2 Å². The number of carbonyl (C=O) groups is 2. The number of amides is 2. The molecule has 3 rings (SSSR count). The molecule has 0 fully saturated rings. The first-order valence-corrected chi connectivity index (χ1v) is 11.1. The third-order valence-electron chi connectivity index (χ3n) is 4.59.